The van der Waals surface area contributed by atoms with Crippen molar-refractivity contribution < 1.29 is 9.59 Å². The summed E-state index contributed by atoms with van der Waals surface area (Å²) < 4.78 is 0. The molecule has 3 rings (SSSR count). The number of amides is 2. The molecule has 1 N–H and O–H groups in total. The van der Waals surface area contributed by atoms with E-state index in [1.165, 1.54) is 0 Å². The predicted octanol–water partition coefficient (Wildman–Crippen LogP) is 4.74. The van der Waals surface area contributed by atoms with Gasteiger partial charge in [0, 0.05) is 25.4 Å². The highest BCUT2D eigenvalue weighted by atomic mass is 35.5. The van der Waals surface area contributed by atoms with Crippen molar-refractivity contribution in [2.24, 2.45) is 11.8 Å². The van der Waals surface area contributed by atoms with Crippen LogP contribution >= 0.6 is 11.6 Å². The van der Waals surface area contributed by atoms with Gasteiger partial charge in [-0.15, -0.1) is 0 Å². The first-order valence-electron chi connectivity index (χ1n) is 9.39. The molecule has 142 valence electrons. The summed E-state index contributed by atoms with van der Waals surface area (Å²) in [5.74, 6) is 0.100. The van der Waals surface area contributed by atoms with E-state index in [0.29, 0.717) is 17.3 Å². The van der Waals surface area contributed by atoms with Gasteiger partial charge < -0.3 is 10.2 Å². The Kier molecular flexibility index (Phi) is 6.51. The van der Waals surface area contributed by atoms with Gasteiger partial charge in [-0.3, -0.25) is 9.59 Å². The molecule has 1 saturated carbocycles. The van der Waals surface area contributed by atoms with Crippen LogP contribution < -0.4 is 5.32 Å². The largest absolute Gasteiger partial charge is 0.341 e. The first-order valence-corrected chi connectivity index (χ1v) is 9.76. The second kappa shape index (κ2) is 9.05. The number of rotatable bonds is 5. The first-order chi connectivity index (χ1) is 13.0. The number of nitrogens with one attached hydrogen (secondary N) is 1. The summed E-state index contributed by atoms with van der Waals surface area (Å²) in [6.07, 6.45) is 2.95. The summed E-state index contributed by atoms with van der Waals surface area (Å²) >= 11 is 6.11. The van der Waals surface area contributed by atoms with Gasteiger partial charge in [-0.05, 0) is 43.4 Å². The quantitative estimate of drug-likeness (QED) is 0.809. The summed E-state index contributed by atoms with van der Waals surface area (Å²) in [7, 11) is 1.85. The Balaban J connectivity index is 1.50. The van der Waals surface area contributed by atoms with Crippen LogP contribution in [0.15, 0.2) is 54.6 Å². The molecule has 5 heteroatoms. The molecule has 1 aliphatic rings. The molecule has 2 aromatic rings. The third kappa shape index (κ3) is 5.10. The first kappa shape index (κ1) is 19.4. The van der Waals surface area contributed by atoms with Crippen LogP contribution in [0, 0.1) is 11.8 Å². The highest BCUT2D eigenvalue weighted by molar-refractivity contribution is 6.33. The molecule has 0 aliphatic heterocycles. The third-order valence-electron chi connectivity index (χ3n) is 5.22. The number of para-hydroxylation sites is 1. The fourth-order valence-corrected chi connectivity index (χ4v) is 3.83. The molecule has 1 fully saturated rings. The Morgan fingerprint density at radius 2 is 1.56 bits per heavy atom. The van der Waals surface area contributed by atoms with Gasteiger partial charge in [-0.2, -0.15) is 0 Å². The van der Waals surface area contributed by atoms with Gasteiger partial charge in [-0.25, -0.2) is 0 Å². The van der Waals surface area contributed by atoms with E-state index in [9.17, 15) is 9.59 Å². The average Bonchev–Trinajstić information content (AvgIpc) is 2.70. The molecule has 27 heavy (non-hydrogen) atoms. The van der Waals surface area contributed by atoms with Crippen LogP contribution in [0.4, 0.5) is 5.69 Å². The lowest BCUT2D eigenvalue weighted by Crippen LogP contribution is -2.36. The fraction of sp³-hybridized carbons (Fsp3) is 0.364. The molecule has 0 radical (unpaired) electrons. The van der Waals surface area contributed by atoms with Crippen LogP contribution in [0.3, 0.4) is 0 Å². The number of halogens is 1. The van der Waals surface area contributed by atoms with E-state index in [1.807, 2.05) is 49.5 Å². The normalized spacial score (nSPS) is 19.3. The van der Waals surface area contributed by atoms with Crippen LogP contribution in [0.2, 0.25) is 5.02 Å². The van der Waals surface area contributed by atoms with E-state index in [4.69, 9.17) is 11.6 Å². The van der Waals surface area contributed by atoms with Gasteiger partial charge in [0.05, 0.1) is 10.7 Å². The Morgan fingerprint density at radius 3 is 2.22 bits per heavy atom. The highest BCUT2D eigenvalue weighted by Gasteiger charge is 2.31. The van der Waals surface area contributed by atoms with Crippen molar-refractivity contribution in [2.75, 3.05) is 12.4 Å². The van der Waals surface area contributed by atoms with Crippen molar-refractivity contribution in [2.45, 2.75) is 32.2 Å². The van der Waals surface area contributed by atoms with E-state index in [2.05, 4.69) is 5.32 Å². The lowest BCUT2D eigenvalue weighted by Gasteiger charge is -2.30. The highest BCUT2D eigenvalue weighted by Crippen LogP contribution is 2.31. The molecular weight excluding hydrogens is 360 g/mol. The number of carbonyl (C=O) groups excluding carboxylic acids is 2. The zero-order valence-electron chi connectivity index (χ0n) is 15.5. The van der Waals surface area contributed by atoms with Gasteiger partial charge in [-0.1, -0.05) is 54.1 Å². The third-order valence-corrected chi connectivity index (χ3v) is 5.55. The molecule has 0 aromatic heterocycles. The molecular formula is C22H25ClN2O2. The van der Waals surface area contributed by atoms with Gasteiger partial charge in [0.1, 0.15) is 0 Å². The Labute approximate surface area is 165 Å². The minimum Gasteiger partial charge on any atom is -0.341 e. The molecule has 4 nitrogen and oxygen atoms in total. The lowest BCUT2D eigenvalue weighted by molar-refractivity contribution is -0.137. The van der Waals surface area contributed by atoms with E-state index < -0.39 is 0 Å². The zero-order valence-corrected chi connectivity index (χ0v) is 16.3. The average molecular weight is 385 g/mol. The summed E-state index contributed by atoms with van der Waals surface area (Å²) in [6.45, 7) is 0.618. The Bertz CT molecular complexity index is 786. The van der Waals surface area contributed by atoms with E-state index in [0.717, 1.165) is 31.2 Å². The second-order valence-electron chi connectivity index (χ2n) is 7.20. The van der Waals surface area contributed by atoms with Crippen molar-refractivity contribution in [3.63, 3.8) is 0 Å². The zero-order chi connectivity index (χ0) is 19.2. The van der Waals surface area contributed by atoms with Gasteiger partial charge in [0.2, 0.25) is 11.8 Å². The predicted molar refractivity (Wildman–Crippen MR) is 108 cm³/mol. The van der Waals surface area contributed by atoms with Crippen molar-refractivity contribution in [3.05, 3.63) is 65.2 Å². The summed E-state index contributed by atoms with van der Waals surface area (Å²) in [5, 5.41) is 3.45. The van der Waals surface area contributed by atoms with Crippen molar-refractivity contribution in [1.29, 1.82) is 0 Å². The number of carbonyl (C=O) groups is 2. The molecule has 0 bridgehead atoms. The molecule has 2 amide bonds. The van der Waals surface area contributed by atoms with Crippen molar-refractivity contribution in [1.82, 2.24) is 4.90 Å². The monoisotopic (exact) mass is 384 g/mol. The minimum absolute atomic E-state index is 0.00285. The molecule has 0 unspecified atom stereocenters. The second-order valence-corrected chi connectivity index (χ2v) is 7.60. The standard InChI is InChI=1S/C22H25ClN2O2/c1-25(15-16-7-3-2-4-8-16)22(27)18-13-11-17(12-14-18)21(26)24-20-10-6-5-9-19(20)23/h2-10,17-18H,11-15H2,1H3,(H,24,26). The summed E-state index contributed by atoms with van der Waals surface area (Å²) in [4.78, 5) is 27.0. The molecule has 0 atom stereocenters. The molecule has 0 heterocycles. The van der Waals surface area contributed by atoms with Gasteiger partial charge in [0.25, 0.3) is 0 Å². The van der Waals surface area contributed by atoms with E-state index >= 15 is 0 Å². The van der Waals surface area contributed by atoms with Crippen molar-refractivity contribution in [3.8, 4) is 0 Å². The maximum Gasteiger partial charge on any atom is 0.227 e. The van der Waals surface area contributed by atoms with Crippen LogP contribution in [0.5, 0.6) is 0 Å². The Hall–Kier alpha value is -2.33. The van der Waals surface area contributed by atoms with Crippen LogP contribution in [0.1, 0.15) is 31.2 Å². The summed E-state index contributed by atoms with van der Waals surface area (Å²) in [6, 6.07) is 17.2. The molecule has 1 aliphatic carbocycles. The number of hydrogen-bond acceptors (Lipinski definition) is 2. The van der Waals surface area contributed by atoms with Gasteiger partial charge in [0.15, 0.2) is 0 Å². The van der Waals surface area contributed by atoms with Crippen LogP contribution in [-0.4, -0.2) is 23.8 Å². The fourth-order valence-electron chi connectivity index (χ4n) is 3.65. The minimum atomic E-state index is -0.0650. The smallest absolute Gasteiger partial charge is 0.227 e. The van der Waals surface area contributed by atoms with Gasteiger partial charge >= 0.3 is 0 Å². The topological polar surface area (TPSA) is 49.4 Å². The van der Waals surface area contributed by atoms with E-state index in [-0.39, 0.29) is 23.7 Å². The maximum absolute atomic E-state index is 12.7. The van der Waals surface area contributed by atoms with Crippen LogP contribution in [-0.2, 0) is 16.1 Å². The summed E-state index contributed by atoms with van der Waals surface area (Å²) in [5.41, 5.74) is 1.77. The number of anilines is 1. The maximum atomic E-state index is 12.7. The number of benzene rings is 2. The lowest BCUT2D eigenvalue weighted by atomic mass is 9.81. The number of nitrogens with zero attached hydrogens (tertiary/aromatic N) is 1. The molecule has 0 saturated heterocycles. The molecule has 2 aromatic carbocycles. The molecule has 0 spiro atoms. The van der Waals surface area contributed by atoms with E-state index in [1.54, 1.807) is 17.0 Å². The van der Waals surface area contributed by atoms with Crippen molar-refractivity contribution >= 4 is 29.1 Å². The SMILES string of the molecule is CN(Cc1ccccc1)C(=O)C1CCC(C(=O)Nc2ccccc2Cl)CC1. The van der Waals surface area contributed by atoms with Crippen LogP contribution in [0.25, 0.3) is 0 Å². The Morgan fingerprint density at radius 1 is 0.963 bits per heavy atom. The number of hydrogen-bond donors (Lipinski definition) is 1.